The Morgan fingerprint density at radius 3 is 2.92 bits per heavy atom. The molecule has 0 N–H and O–H groups in total. The third-order valence-electron chi connectivity index (χ3n) is 2.10. The molecule has 0 bridgehead atoms. The predicted octanol–water partition coefficient (Wildman–Crippen LogP) is 2.31. The molecule has 3 nitrogen and oxygen atoms in total. The second-order valence-electron chi connectivity index (χ2n) is 2.92. The Hall–Kier alpha value is -1.64. The van der Waals surface area contributed by atoms with Crippen LogP contribution in [0, 0.1) is 0 Å². The smallest absolute Gasteiger partial charge is 0.113 e. The molecule has 1 aromatic heterocycles. The van der Waals surface area contributed by atoms with Gasteiger partial charge in [0.15, 0.2) is 0 Å². The van der Waals surface area contributed by atoms with Gasteiger partial charge >= 0.3 is 0 Å². The molecule has 0 spiro atoms. The SMILES string of the molecule is C/C=C(/C)n1nnc2ccccc21. The van der Waals surface area contributed by atoms with Crippen LogP contribution in [0.15, 0.2) is 30.3 Å². The quantitative estimate of drug-likeness (QED) is 0.662. The van der Waals surface area contributed by atoms with Crippen LogP contribution in [0.5, 0.6) is 0 Å². The summed E-state index contributed by atoms with van der Waals surface area (Å²) < 4.78 is 1.84. The molecule has 0 saturated heterocycles. The van der Waals surface area contributed by atoms with Gasteiger partial charge in [-0.05, 0) is 26.0 Å². The van der Waals surface area contributed by atoms with Crippen LogP contribution in [-0.4, -0.2) is 15.0 Å². The van der Waals surface area contributed by atoms with Gasteiger partial charge in [-0.3, -0.25) is 0 Å². The average molecular weight is 173 g/mol. The van der Waals surface area contributed by atoms with Gasteiger partial charge in [-0.1, -0.05) is 23.4 Å². The second-order valence-corrected chi connectivity index (χ2v) is 2.92. The van der Waals surface area contributed by atoms with E-state index in [-0.39, 0.29) is 0 Å². The Bertz CT molecular complexity index is 454. The normalized spacial score (nSPS) is 12.3. The van der Waals surface area contributed by atoms with Crippen molar-refractivity contribution in [3.63, 3.8) is 0 Å². The lowest BCUT2D eigenvalue weighted by Crippen LogP contribution is -1.95. The first-order valence-corrected chi connectivity index (χ1v) is 4.26. The number of para-hydroxylation sites is 1. The number of allylic oxidation sites excluding steroid dienone is 2. The number of benzene rings is 1. The van der Waals surface area contributed by atoms with Crippen molar-refractivity contribution in [2.45, 2.75) is 13.8 Å². The lowest BCUT2D eigenvalue weighted by atomic mass is 10.3. The molecule has 0 fully saturated rings. The van der Waals surface area contributed by atoms with Gasteiger partial charge in [0.05, 0.1) is 5.52 Å². The summed E-state index contributed by atoms with van der Waals surface area (Å²) in [6, 6.07) is 7.93. The van der Waals surface area contributed by atoms with Crippen molar-refractivity contribution in [2.75, 3.05) is 0 Å². The van der Waals surface area contributed by atoms with Gasteiger partial charge in [0, 0.05) is 5.70 Å². The van der Waals surface area contributed by atoms with Crippen molar-refractivity contribution >= 4 is 16.7 Å². The maximum atomic E-state index is 4.06. The summed E-state index contributed by atoms with van der Waals surface area (Å²) in [4.78, 5) is 0. The highest BCUT2D eigenvalue weighted by Gasteiger charge is 2.02. The van der Waals surface area contributed by atoms with E-state index in [1.807, 2.05) is 48.9 Å². The Kier molecular flexibility index (Phi) is 1.85. The van der Waals surface area contributed by atoms with E-state index in [1.165, 1.54) is 0 Å². The number of hydrogen-bond acceptors (Lipinski definition) is 2. The van der Waals surface area contributed by atoms with E-state index < -0.39 is 0 Å². The Morgan fingerprint density at radius 2 is 2.15 bits per heavy atom. The maximum Gasteiger partial charge on any atom is 0.113 e. The Balaban J connectivity index is 2.71. The lowest BCUT2D eigenvalue weighted by Gasteiger charge is -1.99. The van der Waals surface area contributed by atoms with Gasteiger partial charge in [-0.25, -0.2) is 4.68 Å². The monoisotopic (exact) mass is 173 g/mol. The molecule has 0 aliphatic carbocycles. The topological polar surface area (TPSA) is 30.7 Å². The number of fused-ring (bicyclic) bond motifs is 1. The van der Waals surface area contributed by atoms with Gasteiger partial charge in [0.25, 0.3) is 0 Å². The number of rotatable bonds is 1. The molecule has 2 aromatic rings. The zero-order valence-corrected chi connectivity index (χ0v) is 7.73. The van der Waals surface area contributed by atoms with E-state index in [2.05, 4.69) is 10.3 Å². The fraction of sp³-hybridized carbons (Fsp3) is 0.200. The summed E-state index contributed by atoms with van der Waals surface area (Å²) in [5, 5.41) is 8.12. The van der Waals surface area contributed by atoms with Crippen molar-refractivity contribution < 1.29 is 0 Å². The summed E-state index contributed by atoms with van der Waals surface area (Å²) in [7, 11) is 0. The summed E-state index contributed by atoms with van der Waals surface area (Å²) in [5.74, 6) is 0. The molecule has 0 atom stereocenters. The third kappa shape index (κ3) is 1.22. The third-order valence-corrected chi connectivity index (χ3v) is 2.10. The van der Waals surface area contributed by atoms with Crippen LogP contribution in [0.1, 0.15) is 13.8 Å². The van der Waals surface area contributed by atoms with Crippen LogP contribution in [0.2, 0.25) is 0 Å². The van der Waals surface area contributed by atoms with Crippen LogP contribution in [0.4, 0.5) is 0 Å². The summed E-state index contributed by atoms with van der Waals surface area (Å²) >= 11 is 0. The first-order chi connectivity index (χ1) is 6.33. The molecule has 0 saturated carbocycles. The Morgan fingerprint density at radius 1 is 1.38 bits per heavy atom. The minimum absolute atomic E-state index is 0.934. The van der Waals surface area contributed by atoms with Gasteiger partial charge in [0.1, 0.15) is 5.52 Å². The number of nitrogens with zero attached hydrogens (tertiary/aromatic N) is 3. The van der Waals surface area contributed by atoms with Crippen LogP contribution < -0.4 is 0 Å². The first kappa shape index (κ1) is 7.98. The summed E-state index contributed by atoms with van der Waals surface area (Å²) in [6.45, 7) is 4.01. The zero-order chi connectivity index (χ0) is 9.26. The van der Waals surface area contributed by atoms with Crippen molar-refractivity contribution in [1.82, 2.24) is 15.0 Å². The van der Waals surface area contributed by atoms with Crippen molar-refractivity contribution in [3.05, 3.63) is 30.3 Å². The van der Waals surface area contributed by atoms with E-state index >= 15 is 0 Å². The van der Waals surface area contributed by atoms with Gasteiger partial charge in [-0.15, -0.1) is 5.10 Å². The molecule has 13 heavy (non-hydrogen) atoms. The zero-order valence-electron chi connectivity index (χ0n) is 7.73. The minimum Gasteiger partial charge on any atom is -0.218 e. The maximum absolute atomic E-state index is 4.06. The molecule has 66 valence electrons. The highest BCUT2D eigenvalue weighted by atomic mass is 15.4. The molecule has 0 unspecified atom stereocenters. The van der Waals surface area contributed by atoms with Crippen LogP contribution in [0.25, 0.3) is 16.7 Å². The van der Waals surface area contributed by atoms with Gasteiger partial charge in [-0.2, -0.15) is 0 Å². The van der Waals surface area contributed by atoms with Crippen molar-refractivity contribution in [1.29, 1.82) is 0 Å². The van der Waals surface area contributed by atoms with E-state index in [0.29, 0.717) is 0 Å². The standard InChI is InChI=1S/C10H11N3/c1-3-8(2)13-10-7-5-4-6-9(10)11-12-13/h3-7H,1-2H3/b8-3-. The van der Waals surface area contributed by atoms with E-state index in [9.17, 15) is 0 Å². The van der Waals surface area contributed by atoms with Crippen LogP contribution >= 0.6 is 0 Å². The molecule has 1 heterocycles. The van der Waals surface area contributed by atoms with E-state index in [4.69, 9.17) is 0 Å². The molecule has 0 radical (unpaired) electrons. The van der Waals surface area contributed by atoms with Crippen molar-refractivity contribution in [2.24, 2.45) is 0 Å². The van der Waals surface area contributed by atoms with E-state index in [1.54, 1.807) is 0 Å². The molecule has 0 aliphatic rings. The largest absolute Gasteiger partial charge is 0.218 e. The molecule has 1 aromatic carbocycles. The molecule has 0 aliphatic heterocycles. The van der Waals surface area contributed by atoms with Crippen LogP contribution in [0.3, 0.4) is 0 Å². The number of hydrogen-bond donors (Lipinski definition) is 0. The molecule has 0 amide bonds. The molecule has 2 rings (SSSR count). The highest BCUT2D eigenvalue weighted by molar-refractivity contribution is 5.77. The second kappa shape index (κ2) is 3.01. The first-order valence-electron chi connectivity index (χ1n) is 4.26. The van der Waals surface area contributed by atoms with Gasteiger partial charge < -0.3 is 0 Å². The lowest BCUT2D eigenvalue weighted by molar-refractivity contribution is 0.834. The summed E-state index contributed by atoms with van der Waals surface area (Å²) in [5.41, 5.74) is 3.08. The average Bonchev–Trinajstić information content (AvgIpc) is 2.60. The predicted molar refractivity (Wildman–Crippen MR) is 53.1 cm³/mol. The van der Waals surface area contributed by atoms with E-state index in [0.717, 1.165) is 16.7 Å². The van der Waals surface area contributed by atoms with Gasteiger partial charge in [0.2, 0.25) is 0 Å². The number of aromatic nitrogens is 3. The van der Waals surface area contributed by atoms with Crippen LogP contribution in [-0.2, 0) is 0 Å². The molecule has 3 heteroatoms. The molecular weight excluding hydrogens is 162 g/mol. The summed E-state index contributed by atoms with van der Waals surface area (Å²) in [6.07, 6.45) is 2.02. The molecular formula is C10H11N3. The highest BCUT2D eigenvalue weighted by Crippen LogP contribution is 2.13. The minimum atomic E-state index is 0.934. The van der Waals surface area contributed by atoms with Crippen molar-refractivity contribution in [3.8, 4) is 0 Å². The fourth-order valence-corrected chi connectivity index (χ4v) is 1.25. The fourth-order valence-electron chi connectivity index (χ4n) is 1.25. The Labute approximate surface area is 76.7 Å².